The highest BCUT2D eigenvalue weighted by molar-refractivity contribution is 4.77. The molecular formula is C14H32N2O. The molecule has 0 spiro atoms. The molecule has 0 radical (unpaired) electrons. The quantitative estimate of drug-likeness (QED) is 0.741. The van der Waals surface area contributed by atoms with Gasteiger partial charge < -0.3 is 10.0 Å². The summed E-state index contributed by atoms with van der Waals surface area (Å²) in [5.74, 6) is 0.643. The van der Waals surface area contributed by atoms with Gasteiger partial charge in [-0.25, -0.2) is 0 Å². The van der Waals surface area contributed by atoms with Gasteiger partial charge in [0.05, 0.1) is 6.10 Å². The molecular weight excluding hydrogens is 212 g/mol. The summed E-state index contributed by atoms with van der Waals surface area (Å²) in [7, 11) is 4.18. The first-order valence-electron chi connectivity index (χ1n) is 6.68. The lowest BCUT2D eigenvalue weighted by atomic mass is 9.89. The normalized spacial score (nSPS) is 15.0. The molecule has 0 heterocycles. The summed E-state index contributed by atoms with van der Waals surface area (Å²) >= 11 is 0. The van der Waals surface area contributed by atoms with Gasteiger partial charge in [-0.05, 0) is 25.4 Å². The van der Waals surface area contributed by atoms with Gasteiger partial charge in [-0.15, -0.1) is 0 Å². The first-order valence-corrected chi connectivity index (χ1v) is 6.68. The van der Waals surface area contributed by atoms with Crippen LogP contribution in [0, 0.1) is 11.3 Å². The van der Waals surface area contributed by atoms with Crippen LogP contribution in [0.2, 0.25) is 0 Å². The van der Waals surface area contributed by atoms with E-state index in [4.69, 9.17) is 0 Å². The van der Waals surface area contributed by atoms with Gasteiger partial charge in [0.1, 0.15) is 0 Å². The highest BCUT2D eigenvalue weighted by Gasteiger charge is 2.24. The summed E-state index contributed by atoms with van der Waals surface area (Å²) < 4.78 is 0. The summed E-state index contributed by atoms with van der Waals surface area (Å²) in [5, 5.41) is 10.2. The number of hydrogen-bond acceptors (Lipinski definition) is 3. The van der Waals surface area contributed by atoms with E-state index in [1.165, 1.54) is 0 Å². The molecule has 3 heteroatoms. The third-order valence-electron chi connectivity index (χ3n) is 2.92. The fourth-order valence-corrected chi connectivity index (χ4v) is 1.63. The topological polar surface area (TPSA) is 26.7 Å². The maximum Gasteiger partial charge on any atom is 0.0715 e. The number of likely N-dealkylation sites (N-methyl/N-ethyl adjacent to an activating group) is 1. The molecule has 3 nitrogen and oxygen atoms in total. The molecule has 0 aliphatic carbocycles. The van der Waals surface area contributed by atoms with E-state index in [2.05, 4.69) is 58.5 Å². The van der Waals surface area contributed by atoms with Crippen molar-refractivity contribution in [3.63, 3.8) is 0 Å². The van der Waals surface area contributed by atoms with Crippen molar-refractivity contribution < 1.29 is 5.11 Å². The van der Waals surface area contributed by atoms with Gasteiger partial charge in [0.15, 0.2) is 0 Å². The zero-order valence-corrected chi connectivity index (χ0v) is 12.8. The second-order valence-electron chi connectivity index (χ2n) is 6.84. The summed E-state index contributed by atoms with van der Waals surface area (Å²) in [6.07, 6.45) is -0.261. The minimum absolute atomic E-state index is 0.0344. The first-order chi connectivity index (χ1) is 7.62. The molecule has 17 heavy (non-hydrogen) atoms. The zero-order chi connectivity index (χ0) is 13.6. The van der Waals surface area contributed by atoms with Crippen molar-refractivity contribution in [3.8, 4) is 0 Å². The maximum absolute atomic E-state index is 10.2. The Morgan fingerprint density at radius 2 is 1.53 bits per heavy atom. The smallest absolute Gasteiger partial charge is 0.0715 e. The molecule has 104 valence electrons. The number of hydrogen-bond donors (Lipinski definition) is 1. The fourth-order valence-electron chi connectivity index (χ4n) is 1.63. The van der Waals surface area contributed by atoms with Gasteiger partial charge in [-0.1, -0.05) is 34.6 Å². The monoisotopic (exact) mass is 244 g/mol. The Labute approximate surface area is 108 Å². The van der Waals surface area contributed by atoms with Crippen molar-refractivity contribution in [1.82, 2.24) is 9.80 Å². The first kappa shape index (κ1) is 16.9. The van der Waals surface area contributed by atoms with Crippen LogP contribution in [-0.2, 0) is 0 Å². The van der Waals surface area contributed by atoms with E-state index >= 15 is 0 Å². The molecule has 1 unspecified atom stereocenters. The fraction of sp³-hybridized carbons (Fsp3) is 1.00. The zero-order valence-electron chi connectivity index (χ0n) is 12.8. The molecule has 0 fully saturated rings. The van der Waals surface area contributed by atoms with E-state index in [1.807, 2.05) is 0 Å². The molecule has 0 aromatic rings. The molecule has 0 amide bonds. The largest absolute Gasteiger partial charge is 0.391 e. The Hall–Kier alpha value is -0.120. The summed E-state index contributed by atoms with van der Waals surface area (Å²) in [5.41, 5.74) is -0.0344. The van der Waals surface area contributed by atoms with Gasteiger partial charge in [-0.2, -0.15) is 0 Å². The van der Waals surface area contributed by atoms with Crippen LogP contribution in [0.25, 0.3) is 0 Å². The van der Waals surface area contributed by atoms with Crippen molar-refractivity contribution in [2.75, 3.05) is 40.3 Å². The van der Waals surface area contributed by atoms with Crippen LogP contribution in [0.15, 0.2) is 0 Å². The molecule has 0 aromatic carbocycles. The Bertz CT molecular complexity index is 197. The lowest BCUT2D eigenvalue weighted by Crippen LogP contribution is -2.43. The van der Waals surface area contributed by atoms with Gasteiger partial charge in [0.25, 0.3) is 0 Å². The van der Waals surface area contributed by atoms with Crippen molar-refractivity contribution >= 4 is 0 Å². The van der Waals surface area contributed by atoms with E-state index in [-0.39, 0.29) is 11.5 Å². The number of rotatable bonds is 7. The minimum atomic E-state index is -0.261. The van der Waals surface area contributed by atoms with Crippen LogP contribution in [-0.4, -0.2) is 61.3 Å². The van der Waals surface area contributed by atoms with Gasteiger partial charge in [0.2, 0.25) is 0 Å². The Morgan fingerprint density at radius 3 is 1.88 bits per heavy atom. The highest BCUT2D eigenvalue weighted by Crippen LogP contribution is 2.20. The van der Waals surface area contributed by atoms with E-state index in [0.717, 1.165) is 26.2 Å². The van der Waals surface area contributed by atoms with Crippen LogP contribution < -0.4 is 0 Å². The Kier molecular flexibility index (Phi) is 7.29. The van der Waals surface area contributed by atoms with Crippen LogP contribution in [0.1, 0.15) is 34.6 Å². The second-order valence-corrected chi connectivity index (χ2v) is 6.84. The summed E-state index contributed by atoms with van der Waals surface area (Å²) in [6.45, 7) is 14.6. The average molecular weight is 244 g/mol. The molecule has 0 saturated heterocycles. The van der Waals surface area contributed by atoms with Gasteiger partial charge >= 0.3 is 0 Å². The lowest BCUT2D eigenvalue weighted by Gasteiger charge is -2.33. The van der Waals surface area contributed by atoms with Crippen LogP contribution in [0.4, 0.5) is 0 Å². The Balaban J connectivity index is 4.27. The highest BCUT2D eigenvalue weighted by atomic mass is 16.3. The van der Waals surface area contributed by atoms with E-state index < -0.39 is 0 Å². The van der Waals surface area contributed by atoms with Crippen molar-refractivity contribution in [3.05, 3.63) is 0 Å². The number of aliphatic hydroxyl groups is 1. The Morgan fingerprint density at radius 1 is 1.00 bits per heavy atom. The van der Waals surface area contributed by atoms with E-state index in [0.29, 0.717) is 5.92 Å². The predicted molar refractivity (Wildman–Crippen MR) is 75.3 cm³/mol. The average Bonchev–Trinajstić information content (AvgIpc) is 2.11. The molecule has 0 rings (SSSR count). The molecule has 0 bridgehead atoms. The molecule has 0 aromatic heterocycles. The van der Waals surface area contributed by atoms with Crippen molar-refractivity contribution in [2.24, 2.45) is 11.3 Å². The van der Waals surface area contributed by atoms with Crippen molar-refractivity contribution in [2.45, 2.75) is 40.7 Å². The third kappa shape index (κ3) is 8.58. The second kappa shape index (κ2) is 7.34. The van der Waals surface area contributed by atoms with Gasteiger partial charge in [-0.3, -0.25) is 4.90 Å². The van der Waals surface area contributed by atoms with E-state index in [9.17, 15) is 5.11 Å². The molecule has 0 aliphatic heterocycles. The maximum atomic E-state index is 10.2. The molecule has 0 saturated carbocycles. The van der Waals surface area contributed by atoms with Crippen LogP contribution in [0.5, 0.6) is 0 Å². The van der Waals surface area contributed by atoms with Crippen LogP contribution in [0.3, 0.4) is 0 Å². The SMILES string of the molecule is CC(C)CN(CCN(C)C)CC(O)C(C)(C)C. The standard InChI is InChI=1S/C14H32N2O/c1-12(2)10-16(9-8-15(6)7)11-13(17)14(3,4)5/h12-13,17H,8-11H2,1-7H3. The lowest BCUT2D eigenvalue weighted by molar-refractivity contribution is 0.0239. The van der Waals surface area contributed by atoms with Crippen molar-refractivity contribution in [1.29, 1.82) is 0 Å². The van der Waals surface area contributed by atoms with E-state index in [1.54, 1.807) is 0 Å². The minimum Gasteiger partial charge on any atom is -0.391 e. The number of nitrogens with zero attached hydrogens (tertiary/aromatic N) is 2. The van der Waals surface area contributed by atoms with Gasteiger partial charge in [0, 0.05) is 26.2 Å². The molecule has 0 aliphatic rings. The third-order valence-corrected chi connectivity index (χ3v) is 2.92. The predicted octanol–water partition coefficient (Wildman–Crippen LogP) is 1.91. The summed E-state index contributed by atoms with van der Waals surface area (Å²) in [4.78, 5) is 4.57. The molecule has 1 atom stereocenters. The number of aliphatic hydroxyl groups excluding tert-OH is 1. The molecule has 1 N–H and O–H groups in total. The summed E-state index contributed by atoms with van der Waals surface area (Å²) in [6, 6.07) is 0. The van der Waals surface area contributed by atoms with Crippen LogP contribution >= 0.6 is 0 Å².